The Morgan fingerprint density at radius 3 is 2.37 bits per heavy atom. The van der Waals surface area contributed by atoms with E-state index < -0.39 is 69.7 Å². The lowest BCUT2D eigenvalue weighted by Crippen LogP contribution is -2.63. The van der Waals surface area contributed by atoms with Crippen molar-refractivity contribution in [1.29, 1.82) is 0 Å². The zero-order valence-corrected chi connectivity index (χ0v) is 23.7. The van der Waals surface area contributed by atoms with E-state index in [1.807, 2.05) is 6.92 Å². The molecule has 0 aromatic heterocycles. The zero-order chi connectivity index (χ0) is 30.5. The molecule has 8 N–H and O–H groups in total. The van der Waals surface area contributed by atoms with Gasteiger partial charge in [-0.2, -0.15) is 0 Å². The fraction of sp³-hybridized carbons (Fsp3) is 0.500. The first-order valence-electron chi connectivity index (χ1n) is 13.4. The molecule has 13 heteroatoms. The van der Waals surface area contributed by atoms with Gasteiger partial charge >= 0.3 is 0 Å². The summed E-state index contributed by atoms with van der Waals surface area (Å²) in [4.78, 5) is 55.3. The zero-order valence-electron chi connectivity index (χ0n) is 23.7. The number of carbonyl (C=O) groups excluding carboxylic acids is 4. The van der Waals surface area contributed by atoms with E-state index in [2.05, 4.69) is 10.6 Å². The van der Waals surface area contributed by atoms with Gasteiger partial charge in [0, 0.05) is 31.3 Å². The predicted octanol–water partition coefficient (Wildman–Crippen LogP) is 0.125. The molecule has 4 atom stereocenters. The van der Waals surface area contributed by atoms with E-state index in [1.165, 1.54) is 4.90 Å². The maximum atomic E-state index is 14.0. The summed E-state index contributed by atoms with van der Waals surface area (Å²) in [5.41, 5.74) is 2.35. The number of anilines is 2. The van der Waals surface area contributed by atoms with Crippen LogP contribution in [-0.2, 0) is 20.8 Å². The topological polar surface area (TPSA) is 206 Å². The normalized spacial score (nSPS) is 25.6. The van der Waals surface area contributed by atoms with Crippen molar-refractivity contribution in [1.82, 2.24) is 10.2 Å². The number of Topliss-reactive ketones (excluding diaryl/α,β-unsaturated/α-hetero) is 2. The van der Waals surface area contributed by atoms with Gasteiger partial charge in [0.1, 0.15) is 17.1 Å². The van der Waals surface area contributed by atoms with Gasteiger partial charge in [-0.3, -0.25) is 24.1 Å². The molecule has 41 heavy (non-hydrogen) atoms. The molecule has 13 nitrogen and oxygen atoms in total. The summed E-state index contributed by atoms with van der Waals surface area (Å²) in [6.45, 7) is 2.54. The molecule has 1 aromatic carbocycles. The second kappa shape index (κ2) is 10.8. The summed E-state index contributed by atoms with van der Waals surface area (Å²) in [6, 6.07) is 0.494. The molecule has 0 bridgehead atoms. The Hall–Kier alpha value is -3.94. The molecule has 0 spiro atoms. The van der Waals surface area contributed by atoms with Gasteiger partial charge in [-0.05, 0) is 57.5 Å². The number of phenols is 1. The van der Waals surface area contributed by atoms with Crippen LogP contribution in [0, 0.1) is 11.8 Å². The van der Waals surface area contributed by atoms with Gasteiger partial charge in [-0.1, -0.05) is 6.92 Å². The maximum absolute atomic E-state index is 14.0. The van der Waals surface area contributed by atoms with Crippen molar-refractivity contribution in [2.45, 2.75) is 37.8 Å². The van der Waals surface area contributed by atoms with E-state index in [-0.39, 0.29) is 36.2 Å². The van der Waals surface area contributed by atoms with Crippen molar-refractivity contribution >= 4 is 34.8 Å². The molecule has 2 amide bonds. The van der Waals surface area contributed by atoms with Crippen molar-refractivity contribution in [2.24, 2.45) is 17.6 Å². The minimum Gasteiger partial charge on any atom is -0.510 e. The number of nitrogens with two attached hydrogens (primary N) is 1. The van der Waals surface area contributed by atoms with Crippen LogP contribution in [-0.4, -0.2) is 102 Å². The average molecular weight is 572 g/mol. The highest BCUT2D eigenvalue weighted by atomic mass is 16.3. The summed E-state index contributed by atoms with van der Waals surface area (Å²) in [5.74, 6) is -7.73. The fourth-order valence-electron chi connectivity index (χ4n) is 6.37. The number of nitrogens with zero attached hydrogens (tertiary/aromatic N) is 2. The monoisotopic (exact) mass is 571 g/mol. The molecule has 0 saturated carbocycles. The second-order valence-corrected chi connectivity index (χ2v) is 11.2. The smallest absolute Gasteiger partial charge is 0.255 e. The van der Waals surface area contributed by atoms with Crippen molar-refractivity contribution in [3.8, 4) is 5.75 Å². The Kier molecular flexibility index (Phi) is 7.91. The van der Waals surface area contributed by atoms with Crippen LogP contribution in [0.4, 0.5) is 11.4 Å². The highest BCUT2D eigenvalue weighted by molar-refractivity contribution is 6.25. The molecule has 3 aliphatic carbocycles. The van der Waals surface area contributed by atoms with Gasteiger partial charge in [0.15, 0.2) is 17.1 Å². The highest BCUT2D eigenvalue weighted by Gasteiger charge is 2.63. The Morgan fingerprint density at radius 2 is 1.80 bits per heavy atom. The maximum Gasteiger partial charge on any atom is 0.255 e. The summed E-state index contributed by atoms with van der Waals surface area (Å²) in [6.07, 6.45) is 0.945. The van der Waals surface area contributed by atoms with E-state index in [0.717, 1.165) is 6.42 Å². The summed E-state index contributed by atoms with van der Waals surface area (Å²) in [7, 11) is 6.63. The van der Waals surface area contributed by atoms with E-state index in [0.29, 0.717) is 17.8 Å². The van der Waals surface area contributed by atoms with Gasteiger partial charge in [0.25, 0.3) is 5.91 Å². The summed E-state index contributed by atoms with van der Waals surface area (Å²) in [5, 5.41) is 50.9. The number of primary amides is 1. The molecule has 1 aromatic rings. The average Bonchev–Trinajstić information content (AvgIpc) is 2.87. The number of carbonyl (C=O) groups is 4. The van der Waals surface area contributed by atoms with E-state index in [9.17, 15) is 39.6 Å². The number of rotatable bonds is 8. The van der Waals surface area contributed by atoms with Crippen LogP contribution < -0.4 is 21.3 Å². The van der Waals surface area contributed by atoms with Crippen molar-refractivity contribution < 1.29 is 39.6 Å². The number of aliphatic hydroxyl groups excluding tert-OH is 2. The second-order valence-electron chi connectivity index (χ2n) is 11.2. The molecule has 3 aliphatic rings. The van der Waals surface area contributed by atoms with E-state index in [1.54, 1.807) is 39.2 Å². The molecule has 0 radical (unpaired) electrons. The minimum absolute atomic E-state index is 0.0129. The van der Waals surface area contributed by atoms with Crippen LogP contribution in [0.5, 0.6) is 5.75 Å². The first-order valence-corrected chi connectivity index (χ1v) is 13.4. The van der Waals surface area contributed by atoms with Crippen LogP contribution in [0.3, 0.4) is 0 Å². The van der Waals surface area contributed by atoms with E-state index >= 15 is 0 Å². The predicted molar refractivity (Wildman–Crippen MR) is 150 cm³/mol. The minimum atomic E-state index is -2.72. The van der Waals surface area contributed by atoms with Gasteiger partial charge in [-0.25, -0.2) is 0 Å². The number of fused-ring (bicyclic) bond motifs is 3. The fourth-order valence-corrected chi connectivity index (χ4v) is 6.37. The molecule has 4 rings (SSSR count). The number of amides is 2. The first-order chi connectivity index (χ1) is 19.2. The van der Waals surface area contributed by atoms with Crippen LogP contribution in [0.2, 0.25) is 0 Å². The van der Waals surface area contributed by atoms with Crippen molar-refractivity contribution in [3.05, 3.63) is 39.9 Å². The Morgan fingerprint density at radius 1 is 1.15 bits per heavy atom. The Labute approximate surface area is 237 Å². The lowest BCUT2D eigenvalue weighted by atomic mass is 9.58. The number of likely N-dealkylation sites (N-methyl/N-ethyl adjacent to an activating group) is 1. The lowest BCUT2D eigenvalue weighted by Gasteiger charge is -2.50. The SMILES string of the molecule is CCCNCC(=O)Nc1cc(N(C)C)c2c(c1O)C(=O)C1=C(O)[C@]3(O)C(=O)C(C(N)=O)=C(O)[C@@H](N(C)C)[C@@H]3C[C@@H]1C2. The number of aromatic hydroxyl groups is 1. The summed E-state index contributed by atoms with van der Waals surface area (Å²) < 4.78 is 0. The Balaban J connectivity index is 1.88. The van der Waals surface area contributed by atoms with Crippen LogP contribution in [0.25, 0.3) is 0 Å². The number of hydrogen-bond acceptors (Lipinski definition) is 11. The number of phenolic OH excluding ortho intramolecular Hbond substituents is 1. The molecule has 0 heterocycles. The number of benzene rings is 1. The lowest BCUT2D eigenvalue weighted by molar-refractivity contribution is -0.148. The largest absolute Gasteiger partial charge is 0.510 e. The third-order valence-corrected chi connectivity index (χ3v) is 8.17. The first kappa shape index (κ1) is 30.0. The number of ketones is 2. The third-order valence-electron chi connectivity index (χ3n) is 8.17. The number of hydrogen-bond donors (Lipinski definition) is 7. The quantitative estimate of drug-likeness (QED) is 0.127. The Bertz CT molecular complexity index is 1400. The molecular weight excluding hydrogens is 534 g/mol. The molecule has 0 unspecified atom stereocenters. The number of allylic oxidation sites excluding steroid dienone is 1. The third kappa shape index (κ3) is 4.63. The molecule has 222 valence electrons. The summed E-state index contributed by atoms with van der Waals surface area (Å²) >= 11 is 0. The molecular formula is C28H37N5O8. The van der Waals surface area contributed by atoms with Crippen LogP contribution in [0.1, 0.15) is 35.7 Å². The van der Waals surface area contributed by atoms with Gasteiger partial charge < -0.3 is 41.7 Å². The van der Waals surface area contributed by atoms with Gasteiger partial charge in [0.05, 0.1) is 23.8 Å². The van der Waals surface area contributed by atoms with Crippen LogP contribution in [0.15, 0.2) is 28.7 Å². The van der Waals surface area contributed by atoms with Gasteiger partial charge in [-0.15, -0.1) is 0 Å². The molecule has 0 saturated heterocycles. The molecule has 0 fully saturated rings. The molecule has 0 aliphatic heterocycles. The standard InChI is InChI=1S/C28H37N5O8/c1-6-7-30-11-17(34)31-15-10-16(32(2)3)13-8-12-9-14-21(33(4)5)24(37)20(27(29)40)26(39)28(14,41)25(38)18(12)23(36)19(13)22(15)35/h10,12,14,21,30,35,37-38,41H,6-9,11H2,1-5H3,(H2,29,40)(H,31,34)/t12-,14-,21-,28-/m0/s1. The van der Waals surface area contributed by atoms with Crippen molar-refractivity contribution in [3.63, 3.8) is 0 Å². The number of aliphatic hydroxyl groups is 3. The van der Waals surface area contributed by atoms with Gasteiger partial charge in [0.2, 0.25) is 11.7 Å². The number of nitrogens with one attached hydrogen (secondary N) is 2. The van der Waals surface area contributed by atoms with E-state index in [4.69, 9.17) is 5.73 Å². The van der Waals surface area contributed by atoms with Crippen LogP contribution >= 0.6 is 0 Å². The highest BCUT2D eigenvalue weighted by Crippen LogP contribution is 2.53. The van der Waals surface area contributed by atoms with Crippen molar-refractivity contribution in [2.75, 3.05) is 51.5 Å².